The van der Waals surface area contributed by atoms with Crippen LogP contribution in [0.4, 0.5) is 0 Å². The lowest BCUT2D eigenvalue weighted by Crippen LogP contribution is -2.46. The van der Waals surface area contributed by atoms with Crippen LogP contribution in [0.2, 0.25) is 0 Å². The molecule has 0 spiro atoms. The third-order valence-electron chi connectivity index (χ3n) is 4.26. The number of hydrogen-bond donors (Lipinski definition) is 2. The average molecular weight is 381 g/mol. The Hall–Kier alpha value is -1.57. The summed E-state index contributed by atoms with van der Waals surface area (Å²) in [5, 5.41) is 13.6. The van der Waals surface area contributed by atoms with Crippen LogP contribution in [0.1, 0.15) is 17.4 Å². The molecule has 3 rings (SSSR count). The van der Waals surface area contributed by atoms with Crippen LogP contribution in [0.15, 0.2) is 29.0 Å². The molecule has 1 aliphatic rings. The number of methoxy groups -OCH3 is 1. The van der Waals surface area contributed by atoms with Gasteiger partial charge in [-0.05, 0) is 27.6 Å². The number of aromatic hydroxyl groups is 1. The molecule has 1 unspecified atom stereocenters. The fourth-order valence-electron chi connectivity index (χ4n) is 2.98. The van der Waals surface area contributed by atoms with E-state index in [0.717, 1.165) is 37.6 Å². The number of piperazine rings is 1. The Morgan fingerprint density at radius 2 is 2.30 bits per heavy atom. The lowest BCUT2D eigenvalue weighted by Gasteiger charge is -2.36. The van der Waals surface area contributed by atoms with Crippen molar-refractivity contribution >= 4 is 15.9 Å². The molecule has 0 bridgehead atoms. The molecular weight excluding hydrogens is 360 g/mol. The number of phenolic OH excluding ortho intramolecular Hbond substituents is 1. The minimum absolute atomic E-state index is 0.147. The van der Waals surface area contributed by atoms with Crippen molar-refractivity contribution in [3.8, 4) is 11.5 Å². The van der Waals surface area contributed by atoms with Crippen LogP contribution in [0.25, 0.3) is 0 Å². The van der Waals surface area contributed by atoms with Gasteiger partial charge in [0.2, 0.25) is 0 Å². The van der Waals surface area contributed by atoms with Crippen LogP contribution in [-0.4, -0.2) is 46.3 Å². The van der Waals surface area contributed by atoms with Crippen LogP contribution in [-0.2, 0) is 13.6 Å². The predicted octanol–water partition coefficient (Wildman–Crippen LogP) is 2.04. The number of nitrogens with one attached hydrogen (secondary N) is 1. The van der Waals surface area contributed by atoms with Crippen molar-refractivity contribution < 1.29 is 9.84 Å². The molecule has 0 aliphatic carbocycles. The molecule has 2 N–H and O–H groups in total. The Kier molecular flexibility index (Phi) is 4.89. The molecule has 2 heterocycles. The number of nitrogens with zero attached hydrogens (tertiary/aromatic N) is 3. The van der Waals surface area contributed by atoms with E-state index < -0.39 is 0 Å². The number of ether oxygens (including phenoxy) is 1. The first-order valence-electron chi connectivity index (χ1n) is 7.58. The van der Waals surface area contributed by atoms with Gasteiger partial charge < -0.3 is 19.7 Å². The van der Waals surface area contributed by atoms with Crippen molar-refractivity contribution in [3.05, 3.63) is 40.4 Å². The molecular formula is C16H21BrN4O2. The van der Waals surface area contributed by atoms with Gasteiger partial charge in [-0.2, -0.15) is 0 Å². The van der Waals surface area contributed by atoms with E-state index in [4.69, 9.17) is 4.74 Å². The second-order valence-corrected chi connectivity index (χ2v) is 6.47. The third-order valence-corrected chi connectivity index (χ3v) is 5.15. The quantitative estimate of drug-likeness (QED) is 0.849. The molecule has 2 aromatic rings. The predicted molar refractivity (Wildman–Crippen MR) is 91.6 cm³/mol. The number of halogens is 1. The summed E-state index contributed by atoms with van der Waals surface area (Å²) >= 11 is 3.49. The molecule has 7 heteroatoms. The summed E-state index contributed by atoms with van der Waals surface area (Å²) in [4.78, 5) is 6.88. The van der Waals surface area contributed by atoms with E-state index in [-0.39, 0.29) is 11.8 Å². The highest BCUT2D eigenvalue weighted by Gasteiger charge is 2.27. The van der Waals surface area contributed by atoms with Crippen LogP contribution >= 0.6 is 15.9 Å². The van der Waals surface area contributed by atoms with E-state index in [1.165, 1.54) is 0 Å². The average Bonchev–Trinajstić information content (AvgIpc) is 2.98. The molecule has 1 atom stereocenters. The number of imidazole rings is 1. The first-order chi connectivity index (χ1) is 11.1. The monoisotopic (exact) mass is 380 g/mol. The van der Waals surface area contributed by atoms with E-state index in [1.54, 1.807) is 13.2 Å². The van der Waals surface area contributed by atoms with Crippen molar-refractivity contribution in [2.75, 3.05) is 26.7 Å². The van der Waals surface area contributed by atoms with Crippen LogP contribution in [0.5, 0.6) is 11.5 Å². The molecule has 1 aliphatic heterocycles. The molecule has 1 aromatic heterocycles. The van der Waals surface area contributed by atoms with E-state index in [9.17, 15) is 5.11 Å². The minimum Gasteiger partial charge on any atom is -0.503 e. The molecule has 0 saturated carbocycles. The van der Waals surface area contributed by atoms with Gasteiger partial charge in [-0.1, -0.05) is 6.07 Å². The van der Waals surface area contributed by atoms with Gasteiger partial charge in [0, 0.05) is 45.6 Å². The summed E-state index contributed by atoms with van der Waals surface area (Å²) in [7, 11) is 3.57. The van der Waals surface area contributed by atoms with Crippen molar-refractivity contribution in [2.45, 2.75) is 12.6 Å². The number of benzene rings is 1. The van der Waals surface area contributed by atoms with Crippen LogP contribution in [0.3, 0.4) is 0 Å². The molecule has 1 saturated heterocycles. The van der Waals surface area contributed by atoms with Crippen molar-refractivity contribution in [2.24, 2.45) is 7.05 Å². The van der Waals surface area contributed by atoms with Gasteiger partial charge in [-0.25, -0.2) is 4.98 Å². The second kappa shape index (κ2) is 6.90. The highest BCUT2D eigenvalue weighted by molar-refractivity contribution is 9.10. The van der Waals surface area contributed by atoms with Crippen molar-refractivity contribution in [1.82, 2.24) is 19.8 Å². The number of hydrogen-bond acceptors (Lipinski definition) is 5. The molecule has 1 aromatic carbocycles. The number of phenols is 1. The van der Waals surface area contributed by atoms with Gasteiger partial charge >= 0.3 is 0 Å². The fraction of sp³-hybridized carbons (Fsp3) is 0.438. The Morgan fingerprint density at radius 1 is 1.48 bits per heavy atom. The van der Waals surface area contributed by atoms with Gasteiger partial charge in [0.1, 0.15) is 5.82 Å². The zero-order valence-corrected chi connectivity index (χ0v) is 14.9. The smallest absolute Gasteiger partial charge is 0.172 e. The summed E-state index contributed by atoms with van der Waals surface area (Å²) in [6, 6.07) is 3.99. The maximum atomic E-state index is 10.2. The Labute approximate surface area is 144 Å². The number of rotatable bonds is 4. The maximum absolute atomic E-state index is 10.2. The molecule has 1 fully saturated rings. The molecule has 0 amide bonds. The van der Waals surface area contributed by atoms with Gasteiger partial charge in [-0.3, -0.25) is 4.90 Å². The topological polar surface area (TPSA) is 62.5 Å². The molecule has 6 nitrogen and oxygen atoms in total. The normalized spacial score (nSPS) is 19.0. The highest BCUT2D eigenvalue weighted by Crippen LogP contribution is 2.37. The molecule has 0 radical (unpaired) electrons. The van der Waals surface area contributed by atoms with Gasteiger partial charge in [0.25, 0.3) is 0 Å². The van der Waals surface area contributed by atoms with Crippen molar-refractivity contribution in [3.63, 3.8) is 0 Å². The SMILES string of the molecule is COc1ccc(CN2CCNCC2c2nccn2C)c(Br)c1O. The standard InChI is InChI=1S/C16H21BrN4O2/c1-20-7-6-19-16(20)12-9-18-5-8-21(12)10-11-3-4-13(23-2)15(22)14(11)17/h3-4,6-7,12,18,22H,5,8-10H2,1-2H3. The number of aromatic nitrogens is 2. The van der Waals surface area contributed by atoms with Gasteiger partial charge in [0.15, 0.2) is 11.5 Å². The second-order valence-electron chi connectivity index (χ2n) is 5.68. The highest BCUT2D eigenvalue weighted by atomic mass is 79.9. The van der Waals surface area contributed by atoms with E-state index in [1.807, 2.05) is 25.5 Å². The first kappa shape index (κ1) is 16.3. The third kappa shape index (κ3) is 3.22. The molecule has 124 valence electrons. The van der Waals surface area contributed by atoms with E-state index in [2.05, 4.69) is 35.7 Å². The Balaban J connectivity index is 1.86. The summed E-state index contributed by atoms with van der Waals surface area (Å²) in [5.41, 5.74) is 1.03. The summed E-state index contributed by atoms with van der Waals surface area (Å²) < 4.78 is 7.90. The number of aryl methyl sites for hydroxylation is 1. The fourth-order valence-corrected chi connectivity index (χ4v) is 3.44. The lowest BCUT2D eigenvalue weighted by atomic mass is 10.1. The maximum Gasteiger partial charge on any atom is 0.172 e. The van der Waals surface area contributed by atoms with E-state index in [0.29, 0.717) is 10.2 Å². The summed E-state index contributed by atoms with van der Waals surface area (Å²) in [6.07, 6.45) is 3.80. The zero-order valence-electron chi connectivity index (χ0n) is 13.3. The summed E-state index contributed by atoms with van der Waals surface area (Å²) in [5.74, 6) is 1.67. The first-order valence-corrected chi connectivity index (χ1v) is 8.37. The minimum atomic E-state index is 0.147. The van der Waals surface area contributed by atoms with Gasteiger partial charge in [0.05, 0.1) is 17.6 Å². The molecule has 23 heavy (non-hydrogen) atoms. The Morgan fingerprint density at radius 3 is 3.00 bits per heavy atom. The van der Waals surface area contributed by atoms with Gasteiger partial charge in [-0.15, -0.1) is 0 Å². The zero-order chi connectivity index (χ0) is 16.4. The van der Waals surface area contributed by atoms with Crippen LogP contribution in [0, 0.1) is 0 Å². The van der Waals surface area contributed by atoms with Crippen molar-refractivity contribution in [1.29, 1.82) is 0 Å². The lowest BCUT2D eigenvalue weighted by molar-refractivity contribution is 0.144. The van der Waals surface area contributed by atoms with Crippen LogP contribution < -0.4 is 10.1 Å². The largest absolute Gasteiger partial charge is 0.503 e. The summed E-state index contributed by atoms with van der Waals surface area (Å²) in [6.45, 7) is 3.47. The van der Waals surface area contributed by atoms with E-state index >= 15 is 0 Å². The Bertz CT molecular complexity index is 689.